The van der Waals surface area contributed by atoms with Crippen LogP contribution in [0.5, 0.6) is 0 Å². The molecule has 0 aromatic heterocycles. The van der Waals surface area contributed by atoms with E-state index >= 15 is 0 Å². The summed E-state index contributed by atoms with van der Waals surface area (Å²) in [5.74, 6) is 0.154. The minimum absolute atomic E-state index is 0.0510. The van der Waals surface area contributed by atoms with E-state index in [1.165, 1.54) is 18.7 Å². The number of carbonyl (C=O) groups excluding carboxylic acids is 2. The van der Waals surface area contributed by atoms with E-state index in [2.05, 4.69) is 16.7 Å². The van der Waals surface area contributed by atoms with Crippen molar-refractivity contribution in [2.24, 2.45) is 0 Å². The van der Waals surface area contributed by atoms with Gasteiger partial charge in [-0.2, -0.15) is 0 Å². The summed E-state index contributed by atoms with van der Waals surface area (Å²) in [6.45, 7) is 5.48. The number of amides is 2. The second-order valence-electron chi connectivity index (χ2n) is 5.42. The minimum atomic E-state index is -0.111. The third kappa shape index (κ3) is 5.79. The molecule has 5 heteroatoms. The van der Waals surface area contributed by atoms with Crippen molar-refractivity contribution in [3.8, 4) is 0 Å². The van der Waals surface area contributed by atoms with Gasteiger partial charge in [0.1, 0.15) is 0 Å². The Kier molecular flexibility index (Phi) is 5.82. The smallest absolute Gasteiger partial charge is 0.234 e. The number of rotatable bonds is 5. The summed E-state index contributed by atoms with van der Waals surface area (Å²) in [5.41, 5.74) is 3.80. The lowest BCUT2D eigenvalue weighted by Gasteiger charge is -2.08. The zero-order valence-corrected chi connectivity index (χ0v) is 14.3. The maximum absolute atomic E-state index is 12.1. The van der Waals surface area contributed by atoms with E-state index in [-0.39, 0.29) is 11.8 Å². The topological polar surface area (TPSA) is 58.2 Å². The molecule has 2 aromatic carbocycles. The number of anilines is 2. The zero-order chi connectivity index (χ0) is 16.8. The first-order valence-electron chi connectivity index (χ1n) is 7.31. The summed E-state index contributed by atoms with van der Waals surface area (Å²) in [5, 5.41) is 5.64. The molecule has 4 nitrogen and oxygen atoms in total. The lowest BCUT2D eigenvalue weighted by molar-refractivity contribution is -0.114. The Labute approximate surface area is 140 Å². The molecule has 0 aliphatic carbocycles. The molecule has 0 heterocycles. The molecular formula is C18H20N2O2S. The van der Waals surface area contributed by atoms with Crippen LogP contribution in [0, 0.1) is 13.8 Å². The van der Waals surface area contributed by atoms with Crippen LogP contribution in [0.4, 0.5) is 11.4 Å². The van der Waals surface area contributed by atoms with Gasteiger partial charge in [-0.3, -0.25) is 9.59 Å². The molecular weight excluding hydrogens is 308 g/mol. The fourth-order valence-corrected chi connectivity index (χ4v) is 3.01. The van der Waals surface area contributed by atoms with Gasteiger partial charge in [0.15, 0.2) is 0 Å². The van der Waals surface area contributed by atoms with Crippen molar-refractivity contribution in [1.82, 2.24) is 0 Å². The predicted octanol–water partition coefficient (Wildman–Crippen LogP) is 3.99. The summed E-state index contributed by atoms with van der Waals surface area (Å²) in [4.78, 5) is 24.1. The van der Waals surface area contributed by atoms with Crippen molar-refractivity contribution in [2.75, 3.05) is 16.4 Å². The average molecular weight is 328 g/mol. The molecule has 0 bridgehead atoms. The Morgan fingerprint density at radius 2 is 1.65 bits per heavy atom. The first-order valence-corrected chi connectivity index (χ1v) is 8.29. The van der Waals surface area contributed by atoms with Crippen LogP contribution in [0.3, 0.4) is 0 Å². The van der Waals surface area contributed by atoms with Crippen LogP contribution >= 0.6 is 11.8 Å². The molecule has 23 heavy (non-hydrogen) atoms. The van der Waals surface area contributed by atoms with Crippen molar-refractivity contribution < 1.29 is 9.59 Å². The van der Waals surface area contributed by atoms with E-state index in [4.69, 9.17) is 0 Å². The van der Waals surface area contributed by atoms with Crippen molar-refractivity contribution >= 4 is 35.0 Å². The second kappa shape index (κ2) is 7.83. The zero-order valence-electron chi connectivity index (χ0n) is 13.5. The van der Waals surface area contributed by atoms with Crippen molar-refractivity contribution in [3.05, 3.63) is 53.6 Å². The van der Waals surface area contributed by atoms with Crippen LogP contribution in [0.15, 0.2) is 47.4 Å². The third-order valence-corrected chi connectivity index (χ3v) is 4.02. The Morgan fingerprint density at radius 3 is 2.30 bits per heavy atom. The van der Waals surface area contributed by atoms with Crippen molar-refractivity contribution in [2.45, 2.75) is 25.7 Å². The van der Waals surface area contributed by atoms with Crippen molar-refractivity contribution in [1.29, 1.82) is 0 Å². The SMILES string of the molecule is CC(=O)Nc1cccc(SCC(=O)Nc2cc(C)cc(C)c2)c1. The molecule has 0 saturated carbocycles. The highest BCUT2D eigenvalue weighted by atomic mass is 32.2. The summed E-state index contributed by atoms with van der Waals surface area (Å²) >= 11 is 1.43. The lowest BCUT2D eigenvalue weighted by atomic mass is 10.1. The molecule has 0 atom stereocenters. The molecule has 2 aromatic rings. The van der Waals surface area contributed by atoms with Crippen LogP contribution in [-0.2, 0) is 9.59 Å². The standard InChI is InChI=1S/C18H20N2O2S/c1-12-7-13(2)9-16(8-12)20-18(22)11-23-17-6-4-5-15(10-17)19-14(3)21/h4-10H,11H2,1-3H3,(H,19,21)(H,20,22). The number of carbonyl (C=O) groups is 2. The molecule has 2 amide bonds. The first kappa shape index (κ1) is 17.1. The normalized spacial score (nSPS) is 10.2. The molecule has 0 saturated heterocycles. The number of benzene rings is 2. The molecule has 2 N–H and O–H groups in total. The van der Waals surface area contributed by atoms with Crippen LogP contribution < -0.4 is 10.6 Å². The van der Waals surface area contributed by atoms with Gasteiger partial charge in [0.05, 0.1) is 5.75 Å². The largest absolute Gasteiger partial charge is 0.326 e. The Bertz CT molecular complexity index is 708. The number of aryl methyl sites for hydroxylation is 2. The van der Waals surface area contributed by atoms with E-state index in [9.17, 15) is 9.59 Å². The molecule has 0 fully saturated rings. The highest BCUT2D eigenvalue weighted by Gasteiger charge is 2.05. The molecule has 0 aliphatic rings. The maximum atomic E-state index is 12.1. The van der Waals surface area contributed by atoms with Crippen LogP contribution in [0.2, 0.25) is 0 Å². The van der Waals surface area contributed by atoms with Gasteiger partial charge in [-0.15, -0.1) is 11.8 Å². The minimum Gasteiger partial charge on any atom is -0.326 e. The fraction of sp³-hybridized carbons (Fsp3) is 0.222. The second-order valence-corrected chi connectivity index (χ2v) is 6.47. The van der Waals surface area contributed by atoms with Gasteiger partial charge in [0.25, 0.3) is 0 Å². The van der Waals surface area contributed by atoms with Crippen LogP contribution in [-0.4, -0.2) is 17.6 Å². The van der Waals surface area contributed by atoms with Gasteiger partial charge >= 0.3 is 0 Å². The van der Waals surface area contributed by atoms with E-state index in [0.717, 1.165) is 27.4 Å². The molecule has 0 radical (unpaired) electrons. The summed E-state index contributed by atoms with van der Waals surface area (Å²) in [7, 11) is 0. The maximum Gasteiger partial charge on any atom is 0.234 e. The van der Waals surface area contributed by atoms with Gasteiger partial charge in [0, 0.05) is 23.2 Å². The molecule has 0 aliphatic heterocycles. The van der Waals surface area contributed by atoms with Gasteiger partial charge in [-0.05, 0) is 55.3 Å². The van der Waals surface area contributed by atoms with E-state index in [0.29, 0.717) is 5.75 Å². The molecule has 0 unspecified atom stereocenters. The first-order chi connectivity index (χ1) is 10.9. The van der Waals surface area contributed by atoms with E-state index in [1.807, 2.05) is 50.2 Å². The summed E-state index contributed by atoms with van der Waals surface area (Å²) in [6, 6.07) is 13.4. The lowest BCUT2D eigenvalue weighted by Crippen LogP contribution is -2.14. The van der Waals surface area contributed by atoms with Gasteiger partial charge in [0.2, 0.25) is 11.8 Å². The van der Waals surface area contributed by atoms with E-state index < -0.39 is 0 Å². The fourth-order valence-electron chi connectivity index (χ4n) is 2.26. The quantitative estimate of drug-likeness (QED) is 0.816. The summed E-state index contributed by atoms with van der Waals surface area (Å²) < 4.78 is 0. The van der Waals surface area contributed by atoms with Gasteiger partial charge < -0.3 is 10.6 Å². The van der Waals surface area contributed by atoms with E-state index in [1.54, 1.807) is 0 Å². The third-order valence-electron chi connectivity index (χ3n) is 3.03. The Morgan fingerprint density at radius 1 is 0.957 bits per heavy atom. The van der Waals surface area contributed by atoms with Crippen molar-refractivity contribution in [3.63, 3.8) is 0 Å². The van der Waals surface area contributed by atoms with Crippen LogP contribution in [0.1, 0.15) is 18.1 Å². The highest BCUT2D eigenvalue weighted by molar-refractivity contribution is 8.00. The van der Waals surface area contributed by atoms with Gasteiger partial charge in [-0.1, -0.05) is 12.1 Å². The molecule has 2 rings (SSSR count). The molecule has 0 spiro atoms. The monoisotopic (exact) mass is 328 g/mol. The number of nitrogens with one attached hydrogen (secondary N) is 2. The number of thioether (sulfide) groups is 1. The summed E-state index contributed by atoms with van der Waals surface area (Å²) in [6.07, 6.45) is 0. The Balaban J connectivity index is 1.92. The molecule has 120 valence electrons. The van der Waals surface area contributed by atoms with Gasteiger partial charge in [-0.25, -0.2) is 0 Å². The number of hydrogen-bond donors (Lipinski definition) is 2. The Hall–Kier alpha value is -2.27. The highest BCUT2D eigenvalue weighted by Crippen LogP contribution is 2.22. The predicted molar refractivity (Wildman–Crippen MR) is 96.0 cm³/mol. The van der Waals surface area contributed by atoms with Crippen LogP contribution in [0.25, 0.3) is 0 Å². The average Bonchev–Trinajstić information content (AvgIpc) is 2.43. The number of hydrogen-bond acceptors (Lipinski definition) is 3.